The van der Waals surface area contributed by atoms with Crippen molar-refractivity contribution in [2.75, 3.05) is 40.3 Å². The van der Waals surface area contributed by atoms with E-state index in [1.54, 1.807) is 0 Å². The number of carbonyl (C=O) groups excluding carboxylic acids is 1. The topological polar surface area (TPSA) is 32.8 Å². The predicted molar refractivity (Wildman–Crippen MR) is 62.2 cm³/mol. The van der Waals surface area contributed by atoms with Gasteiger partial charge in [-0.25, -0.2) is 0 Å². The van der Waals surface area contributed by atoms with Gasteiger partial charge in [-0.05, 0) is 20.2 Å². The van der Waals surface area contributed by atoms with Gasteiger partial charge in [0.1, 0.15) is 0 Å². The molecule has 0 aliphatic carbocycles. The normalized spacial score (nSPS) is 27.6. The number of allylic oxidation sites excluding steroid dienone is 1. The molecule has 0 bridgehead atoms. The third kappa shape index (κ3) is 2.62. The Morgan fingerprint density at radius 3 is 3.00 bits per heavy atom. The van der Waals surface area contributed by atoms with E-state index in [1.165, 1.54) is 0 Å². The molecule has 0 radical (unpaired) electrons. The largest absolute Gasteiger partial charge is 0.490 e. The molecule has 4 nitrogen and oxygen atoms in total. The van der Waals surface area contributed by atoms with Crippen molar-refractivity contribution >= 4 is 5.78 Å². The summed E-state index contributed by atoms with van der Waals surface area (Å²) in [5, 5.41) is 0. The summed E-state index contributed by atoms with van der Waals surface area (Å²) < 4.78 is 5.30. The molecule has 0 N–H and O–H groups in total. The van der Waals surface area contributed by atoms with E-state index in [4.69, 9.17) is 4.74 Å². The van der Waals surface area contributed by atoms with Gasteiger partial charge in [-0.2, -0.15) is 0 Å². The molecule has 16 heavy (non-hydrogen) atoms. The van der Waals surface area contributed by atoms with Gasteiger partial charge < -0.3 is 14.5 Å². The quantitative estimate of drug-likeness (QED) is 0.699. The Balaban J connectivity index is 1.90. The number of hydrogen-bond donors (Lipinski definition) is 0. The van der Waals surface area contributed by atoms with Gasteiger partial charge in [-0.15, -0.1) is 0 Å². The Hall–Kier alpha value is -0.870. The summed E-state index contributed by atoms with van der Waals surface area (Å²) in [7, 11) is 4.20. The van der Waals surface area contributed by atoms with Crippen LogP contribution >= 0.6 is 0 Å². The van der Waals surface area contributed by atoms with Gasteiger partial charge >= 0.3 is 0 Å². The van der Waals surface area contributed by atoms with Crippen molar-refractivity contribution in [1.29, 1.82) is 0 Å². The second kappa shape index (κ2) is 4.97. The fourth-order valence-corrected chi connectivity index (χ4v) is 2.25. The van der Waals surface area contributed by atoms with Gasteiger partial charge in [-0.1, -0.05) is 0 Å². The van der Waals surface area contributed by atoms with Crippen LogP contribution in [0.1, 0.15) is 12.8 Å². The highest BCUT2D eigenvalue weighted by Crippen LogP contribution is 2.16. The van der Waals surface area contributed by atoms with Crippen molar-refractivity contribution in [2.24, 2.45) is 0 Å². The van der Waals surface area contributed by atoms with Crippen LogP contribution in [0.15, 0.2) is 11.8 Å². The Labute approximate surface area is 96.8 Å². The molecule has 0 aromatic carbocycles. The molecule has 2 rings (SSSR count). The van der Waals surface area contributed by atoms with Crippen LogP contribution in [0.2, 0.25) is 0 Å². The molecule has 1 unspecified atom stereocenters. The molecular weight excluding hydrogens is 204 g/mol. The smallest absolute Gasteiger partial charge is 0.198 e. The zero-order chi connectivity index (χ0) is 11.5. The lowest BCUT2D eigenvalue weighted by Crippen LogP contribution is -2.50. The molecule has 0 saturated carbocycles. The summed E-state index contributed by atoms with van der Waals surface area (Å²) in [5.74, 6) is 0.742. The molecule has 0 aromatic heterocycles. The Bertz CT molecular complexity index is 301. The van der Waals surface area contributed by atoms with E-state index in [-0.39, 0.29) is 5.78 Å². The highest BCUT2D eigenvalue weighted by molar-refractivity contribution is 5.94. The molecule has 0 spiro atoms. The monoisotopic (exact) mass is 224 g/mol. The van der Waals surface area contributed by atoms with E-state index >= 15 is 0 Å². The Morgan fingerprint density at radius 1 is 1.50 bits per heavy atom. The van der Waals surface area contributed by atoms with E-state index in [2.05, 4.69) is 23.9 Å². The maximum atomic E-state index is 11.9. The highest BCUT2D eigenvalue weighted by Gasteiger charge is 2.26. The van der Waals surface area contributed by atoms with Crippen LogP contribution in [0.3, 0.4) is 0 Å². The van der Waals surface area contributed by atoms with Gasteiger partial charge in [0, 0.05) is 38.5 Å². The van der Waals surface area contributed by atoms with Gasteiger partial charge in [0.25, 0.3) is 0 Å². The number of ether oxygens (including phenoxy) is 1. The number of hydrogen-bond acceptors (Lipinski definition) is 4. The minimum atomic E-state index is 0.157. The minimum Gasteiger partial charge on any atom is -0.490 e. The molecule has 1 atom stereocenters. The summed E-state index contributed by atoms with van der Waals surface area (Å²) in [6, 6.07) is 0.330. The zero-order valence-corrected chi connectivity index (χ0v) is 10.1. The lowest BCUT2D eigenvalue weighted by atomic mass is 10.1. The van der Waals surface area contributed by atoms with Crippen molar-refractivity contribution in [3.8, 4) is 0 Å². The average molecular weight is 224 g/mol. The molecule has 4 heteroatoms. The van der Waals surface area contributed by atoms with Crippen LogP contribution in [0.25, 0.3) is 0 Å². The van der Waals surface area contributed by atoms with Crippen molar-refractivity contribution in [1.82, 2.24) is 9.80 Å². The maximum absolute atomic E-state index is 11.9. The first-order chi connectivity index (χ1) is 7.66. The average Bonchev–Trinajstić information content (AvgIpc) is 2.76. The van der Waals surface area contributed by atoms with E-state index < -0.39 is 0 Å². The van der Waals surface area contributed by atoms with Crippen LogP contribution in [0, 0.1) is 0 Å². The van der Waals surface area contributed by atoms with E-state index in [1.807, 2.05) is 6.08 Å². The van der Waals surface area contributed by atoms with Crippen molar-refractivity contribution in [3.05, 3.63) is 11.8 Å². The number of rotatable bonds is 3. The third-order valence-electron chi connectivity index (χ3n) is 3.38. The van der Waals surface area contributed by atoms with Crippen LogP contribution in [0.4, 0.5) is 0 Å². The standard InChI is InChI=1S/C12H20N2O2/c1-13-5-6-14(2)10(9-13)8-11(15)12-4-3-7-16-12/h4,10H,3,5-9H2,1-2H3. The van der Waals surface area contributed by atoms with Gasteiger partial charge in [0.05, 0.1) is 6.61 Å². The van der Waals surface area contributed by atoms with Crippen molar-refractivity contribution in [2.45, 2.75) is 18.9 Å². The van der Waals surface area contributed by atoms with Crippen LogP contribution in [-0.2, 0) is 9.53 Å². The third-order valence-corrected chi connectivity index (χ3v) is 3.38. The lowest BCUT2D eigenvalue weighted by Gasteiger charge is -2.37. The highest BCUT2D eigenvalue weighted by atomic mass is 16.5. The Kier molecular flexibility index (Phi) is 3.61. The molecule has 2 aliphatic heterocycles. The Morgan fingerprint density at radius 2 is 2.31 bits per heavy atom. The van der Waals surface area contributed by atoms with E-state index in [0.29, 0.717) is 24.8 Å². The predicted octanol–water partition coefficient (Wildman–Crippen LogP) is 0.496. The summed E-state index contributed by atoms with van der Waals surface area (Å²) in [5.41, 5.74) is 0. The second-order valence-corrected chi connectivity index (χ2v) is 4.73. The lowest BCUT2D eigenvalue weighted by molar-refractivity contribution is -0.120. The SMILES string of the molecule is CN1CCN(C)C(CC(=O)C2=CCCO2)C1. The van der Waals surface area contributed by atoms with E-state index in [0.717, 1.165) is 26.1 Å². The van der Waals surface area contributed by atoms with E-state index in [9.17, 15) is 4.79 Å². The number of piperazine rings is 1. The van der Waals surface area contributed by atoms with Crippen molar-refractivity contribution < 1.29 is 9.53 Å². The molecule has 0 amide bonds. The number of carbonyl (C=O) groups is 1. The molecule has 1 saturated heterocycles. The second-order valence-electron chi connectivity index (χ2n) is 4.73. The van der Waals surface area contributed by atoms with Gasteiger partial charge in [0.15, 0.2) is 11.5 Å². The molecule has 2 heterocycles. The molecule has 2 aliphatic rings. The fourth-order valence-electron chi connectivity index (χ4n) is 2.25. The molecular formula is C12H20N2O2. The molecule has 1 fully saturated rings. The maximum Gasteiger partial charge on any atom is 0.198 e. The fraction of sp³-hybridized carbons (Fsp3) is 0.750. The number of ketones is 1. The number of likely N-dealkylation sites (N-methyl/N-ethyl adjacent to an activating group) is 2. The van der Waals surface area contributed by atoms with Crippen LogP contribution in [-0.4, -0.2) is 62.0 Å². The zero-order valence-electron chi connectivity index (χ0n) is 10.1. The minimum absolute atomic E-state index is 0.157. The van der Waals surface area contributed by atoms with Gasteiger partial charge in [-0.3, -0.25) is 4.79 Å². The molecule has 0 aromatic rings. The first-order valence-electron chi connectivity index (χ1n) is 5.92. The van der Waals surface area contributed by atoms with Crippen LogP contribution in [0.5, 0.6) is 0 Å². The summed E-state index contributed by atoms with van der Waals surface area (Å²) in [6.07, 6.45) is 3.36. The van der Waals surface area contributed by atoms with Crippen LogP contribution < -0.4 is 0 Å². The summed E-state index contributed by atoms with van der Waals surface area (Å²) >= 11 is 0. The van der Waals surface area contributed by atoms with Gasteiger partial charge in [0.2, 0.25) is 0 Å². The first kappa shape index (κ1) is 11.6. The molecule has 90 valence electrons. The first-order valence-corrected chi connectivity index (χ1v) is 5.92. The number of Topliss-reactive ketones (excluding diaryl/α,β-unsaturated/α-hetero) is 1. The van der Waals surface area contributed by atoms with Crippen molar-refractivity contribution in [3.63, 3.8) is 0 Å². The summed E-state index contributed by atoms with van der Waals surface area (Å²) in [4.78, 5) is 16.5. The summed E-state index contributed by atoms with van der Waals surface area (Å²) in [6.45, 7) is 3.76. The number of nitrogens with zero attached hydrogens (tertiary/aromatic N) is 2.